The molecule has 6 rings (SSSR count). The van der Waals surface area contributed by atoms with Gasteiger partial charge in [0.2, 0.25) is 0 Å². The van der Waals surface area contributed by atoms with Crippen LogP contribution in [0.5, 0.6) is 0 Å². The van der Waals surface area contributed by atoms with Crippen molar-refractivity contribution >= 4 is 32.4 Å². The lowest BCUT2D eigenvalue weighted by molar-refractivity contribution is 0.141. The average molecular weight is 438 g/mol. The molecule has 6 heteroatoms. The zero-order valence-electron chi connectivity index (χ0n) is 18.6. The molecular weight excluding hydrogens is 402 g/mol. The molecule has 31 heavy (non-hydrogen) atoms. The predicted octanol–water partition coefficient (Wildman–Crippen LogP) is 4.65. The Morgan fingerprint density at radius 3 is 2.55 bits per heavy atom. The number of nitrogens with zero attached hydrogens (tertiary/aromatic N) is 5. The molecule has 2 aromatic rings. The highest BCUT2D eigenvalue weighted by Crippen LogP contribution is 2.34. The fourth-order valence-electron chi connectivity index (χ4n) is 5.63. The quantitative estimate of drug-likeness (QED) is 0.681. The minimum absolute atomic E-state index is 0.786. The maximum Gasteiger partial charge on any atom is 0.188 e. The minimum Gasteiger partial charge on any atom is -0.348 e. The second-order valence-electron chi connectivity index (χ2n) is 10.0. The summed E-state index contributed by atoms with van der Waals surface area (Å²) in [6.07, 6.45) is 15.3. The van der Waals surface area contributed by atoms with Gasteiger partial charge in [0.05, 0.1) is 4.70 Å². The summed E-state index contributed by atoms with van der Waals surface area (Å²) in [4.78, 5) is 17.5. The zero-order chi connectivity index (χ0) is 20.6. The fraction of sp³-hybridized carbons (Fsp3) is 0.680. The number of pyridine rings is 1. The van der Waals surface area contributed by atoms with Crippen LogP contribution in [0, 0.1) is 5.92 Å². The highest BCUT2D eigenvalue weighted by Gasteiger charge is 2.27. The van der Waals surface area contributed by atoms with Crippen LogP contribution in [0.25, 0.3) is 15.9 Å². The van der Waals surface area contributed by atoms with Crippen LogP contribution in [0.15, 0.2) is 18.3 Å². The molecule has 2 aromatic heterocycles. The van der Waals surface area contributed by atoms with Crippen LogP contribution in [0.3, 0.4) is 0 Å². The molecule has 3 aliphatic heterocycles. The van der Waals surface area contributed by atoms with Crippen molar-refractivity contribution in [3.63, 3.8) is 0 Å². The van der Waals surface area contributed by atoms with Gasteiger partial charge in [0.1, 0.15) is 0 Å². The summed E-state index contributed by atoms with van der Waals surface area (Å²) in [5.41, 5.74) is 3.70. The van der Waals surface area contributed by atoms with Crippen molar-refractivity contribution in [1.82, 2.24) is 19.8 Å². The maximum absolute atomic E-state index is 4.90. The van der Waals surface area contributed by atoms with Gasteiger partial charge in [0, 0.05) is 45.0 Å². The molecule has 1 aliphatic carbocycles. The lowest BCUT2D eigenvalue weighted by Gasteiger charge is -2.40. The molecule has 1 saturated carbocycles. The van der Waals surface area contributed by atoms with E-state index in [4.69, 9.17) is 9.97 Å². The Morgan fingerprint density at radius 2 is 1.81 bits per heavy atom. The van der Waals surface area contributed by atoms with Crippen LogP contribution in [0.4, 0.5) is 5.13 Å². The molecule has 0 aromatic carbocycles. The van der Waals surface area contributed by atoms with Crippen LogP contribution in [-0.2, 0) is 0 Å². The Morgan fingerprint density at radius 1 is 0.968 bits per heavy atom. The summed E-state index contributed by atoms with van der Waals surface area (Å²) in [7, 11) is 0. The molecule has 5 heterocycles. The summed E-state index contributed by atoms with van der Waals surface area (Å²) < 4.78 is 1.24. The van der Waals surface area contributed by atoms with E-state index in [9.17, 15) is 0 Å². The van der Waals surface area contributed by atoms with Gasteiger partial charge >= 0.3 is 0 Å². The van der Waals surface area contributed by atoms with Crippen LogP contribution in [0.2, 0.25) is 0 Å². The summed E-state index contributed by atoms with van der Waals surface area (Å²) in [6, 6.07) is 3.13. The summed E-state index contributed by atoms with van der Waals surface area (Å²) in [6.45, 7) is 8.49. The Bertz CT molecular complexity index is 935. The van der Waals surface area contributed by atoms with Crippen molar-refractivity contribution in [1.29, 1.82) is 0 Å². The first kappa shape index (κ1) is 20.1. The maximum atomic E-state index is 4.90. The van der Waals surface area contributed by atoms with Crippen molar-refractivity contribution < 1.29 is 0 Å². The van der Waals surface area contributed by atoms with Crippen LogP contribution < -0.4 is 4.90 Å². The van der Waals surface area contributed by atoms with E-state index in [0.29, 0.717) is 0 Å². The first-order valence-electron chi connectivity index (χ1n) is 12.5. The zero-order valence-corrected chi connectivity index (χ0v) is 19.5. The van der Waals surface area contributed by atoms with E-state index < -0.39 is 0 Å². The van der Waals surface area contributed by atoms with Gasteiger partial charge in [-0.25, -0.2) is 4.98 Å². The van der Waals surface area contributed by atoms with E-state index in [1.54, 1.807) is 0 Å². The van der Waals surface area contributed by atoms with Gasteiger partial charge < -0.3 is 9.80 Å². The summed E-state index contributed by atoms with van der Waals surface area (Å²) in [5.74, 6) is 0.980. The van der Waals surface area contributed by atoms with Gasteiger partial charge in [-0.1, -0.05) is 23.8 Å². The molecule has 2 saturated heterocycles. The number of likely N-dealkylation sites (tertiary alicyclic amines) is 1. The fourth-order valence-corrected chi connectivity index (χ4v) is 6.65. The Hall–Kier alpha value is -1.50. The van der Waals surface area contributed by atoms with E-state index in [0.717, 1.165) is 43.7 Å². The van der Waals surface area contributed by atoms with Crippen molar-refractivity contribution in [2.75, 3.05) is 50.7 Å². The Balaban J connectivity index is 1.11. The minimum atomic E-state index is 0.786. The first-order valence-corrected chi connectivity index (χ1v) is 13.3. The number of thiazole rings is 1. The molecule has 166 valence electrons. The lowest BCUT2D eigenvalue weighted by Crippen LogP contribution is -2.46. The normalized spacial score (nSPS) is 24.6. The molecule has 0 spiro atoms. The molecule has 0 bridgehead atoms. The molecule has 0 unspecified atom stereocenters. The van der Waals surface area contributed by atoms with E-state index in [1.807, 2.05) is 11.3 Å². The highest BCUT2D eigenvalue weighted by atomic mass is 32.1. The molecule has 5 nitrogen and oxygen atoms in total. The van der Waals surface area contributed by atoms with Gasteiger partial charge in [-0.15, -0.1) is 0 Å². The first-order chi connectivity index (χ1) is 15.3. The topological polar surface area (TPSA) is 35.5 Å². The third-order valence-electron chi connectivity index (χ3n) is 7.76. The third-order valence-corrected chi connectivity index (χ3v) is 8.81. The standard InChI is InChI=1S/C25H35N5S/c1-2-10-29(11-3-1)22-8-14-30(15-9-22)25-27-24-23(31-25)16-21(17-26-24)20-6-12-28(13-7-20)18-19-4-5-19/h6,16-17,19,22H,1-5,7-15,18H2. The van der Waals surface area contributed by atoms with Gasteiger partial charge in [-0.3, -0.25) is 4.90 Å². The van der Waals surface area contributed by atoms with Gasteiger partial charge in [0.25, 0.3) is 0 Å². The number of rotatable bonds is 5. The largest absolute Gasteiger partial charge is 0.348 e. The monoisotopic (exact) mass is 437 g/mol. The van der Waals surface area contributed by atoms with E-state index in [2.05, 4.69) is 33.0 Å². The van der Waals surface area contributed by atoms with E-state index >= 15 is 0 Å². The van der Waals surface area contributed by atoms with Crippen LogP contribution >= 0.6 is 11.3 Å². The van der Waals surface area contributed by atoms with Crippen molar-refractivity contribution in [2.24, 2.45) is 5.92 Å². The van der Waals surface area contributed by atoms with Gasteiger partial charge in [-0.05, 0) is 81.2 Å². The Kier molecular flexibility index (Phi) is 5.71. The van der Waals surface area contributed by atoms with Crippen molar-refractivity contribution in [3.8, 4) is 0 Å². The highest BCUT2D eigenvalue weighted by molar-refractivity contribution is 7.22. The smallest absolute Gasteiger partial charge is 0.188 e. The predicted molar refractivity (Wildman–Crippen MR) is 130 cm³/mol. The Labute approximate surface area is 190 Å². The second kappa shape index (κ2) is 8.80. The number of piperidine rings is 2. The molecular formula is C25H35N5S. The summed E-state index contributed by atoms with van der Waals surface area (Å²) in [5, 5.41) is 1.17. The van der Waals surface area contributed by atoms with Gasteiger partial charge in [-0.2, -0.15) is 4.98 Å². The molecule has 4 aliphatic rings. The number of anilines is 1. The number of hydrogen-bond donors (Lipinski definition) is 0. The number of hydrogen-bond acceptors (Lipinski definition) is 6. The van der Waals surface area contributed by atoms with Crippen molar-refractivity contribution in [2.45, 2.75) is 57.4 Å². The number of fused-ring (bicyclic) bond motifs is 1. The molecule has 3 fully saturated rings. The third kappa shape index (κ3) is 4.53. The molecule has 0 amide bonds. The van der Waals surface area contributed by atoms with Crippen LogP contribution in [0.1, 0.15) is 56.9 Å². The second-order valence-corrected chi connectivity index (χ2v) is 11.0. The van der Waals surface area contributed by atoms with Crippen LogP contribution in [-0.4, -0.2) is 71.6 Å². The number of aromatic nitrogens is 2. The van der Waals surface area contributed by atoms with E-state index in [1.165, 1.54) is 92.1 Å². The molecule has 0 N–H and O–H groups in total. The molecule has 0 radical (unpaired) electrons. The average Bonchev–Trinajstić information content (AvgIpc) is 3.54. The summed E-state index contributed by atoms with van der Waals surface area (Å²) >= 11 is 1.84. The van der Waals surface area contributed by atoms with Crippen molar-refractivity contribution in [3.05, 3.63) is 23.9 Å². The lowest BCUT2D eigenvalue weighted by atomic mass is 10.0. The molecule has 0 atom stereocenters. The van der Waals surface area contributed by atoms with E-state index in [-0.39, 0.29) is 0 Å². The SMILES string of the molecule is C1=C(c2cnc3nc(N4CCC(N5CCCCC5)CC4)sc3c2)CCN(CC2CC2)C1. The van der Waals surface area contributed by atoms with Gasteiger partial charge in [0.15, 0.2) is 10.8 Å².